The average Bonchev–Trinajstić information content (AvgIpc) is 2.93. The van der Waals surface area contributed by atoms with E-state index in [0.717, 1.165) is 0 Å². The number of benzene rings is 1. The maximum atomic E-state index is 11.8. The topological polar surface area (TPSA) is 75.4 Å². The van der Waals surface area contributed by atoms with Gasteiger partial charge in [-0.05, 0) is 18.2 Å². The summed E-state index contributed by atoms with van der Waals surface area (Å²) in [6, 6.07) is 6.36. The molecule has 2 rings (SSSR count). The normalized spacial score (nSPS) is 9.58. The molecule has 0 aliphatic carbocycles. The fraction of sp³-hybridized carbons (Fsp3) is 0.0769. The number of hydrogen-bond acceptors (Lipinski definition) is 4. The van der Waals surface area contributed by atoms with E-state index >= 15 is 0 Å². The van der Waals surface area contributed by atoms with Crippen LogP contribution in [0.3, 0.4) is 0 Å². The molecule has 0 unspecified atom stereocenters. The van der Waals surface area contributed by atoms with E-state index in [4.69, 9.17) is 16.7 Å². The number of hydrogen-bond donors (Lipinski definition) is 2. The molecule has 0 saturated carbocycles. The van der Waals surface area contributed by atoms with Gasteiger partial charge in [-0.2, -0.15) is 0 Å². The first-order valence-corrected chi connectivity index (χ1v) is 5.69. The van der Waals surface area contributed by atoms with Gasteiger partial charge in [-0.25, -0.2) is 0 Å². The Kier molecular flexibility index (Phi) is 4.18. The number of nitrogens with zero attached hydrogens (tertiary/aromatic N) is 1. The van der Waals surface area contributed by atoms with Gasteiger partial charge in [0, 0.05) is 11.6 Å². The summed E-state index contributed by atoms with van der Waals surface area (Å²) in [7, 11) is 0. The van der Waals surface area contributed by atoms with E-state index in [9.17, 15) is 4.79 Å². The van der Waals surface area contributed by atoms with Crippen molar-refractivity contribution in [1.29, 1.82) is 0 Å². The quantitative estimate of drug-likeness (QED) is 0.822. The number of aromatic nitrogens is 1. The van der Waals surface area contributed by atoms with Crippen LogP contribution in [0.1, 0.15) is 16.1 Å². The molecule has 0 fully saturated rings. The van der Waals surface area contributed by atoms with Gasteiger partial charge < -0.3 is 14.9 Å². The van der Waals surface area contributed by atoms with E-state index in [2.05, 4.69) is 26.8 Å². The van der Waals surface area contributed by atoms with Gasteiger partial charge in [0.2, 0.25) is 0 Å². The van der Waals surface area contributed by atoms with Gasteiger partial charge in [-0.1, -0.05) is 28.6 Å². The van der Waals surface area contributed by atoms with Crippen molar-refractivity contribution >= 4 is 23.2 Å². The van der Waals surface area contributed by atoms with Crippen LogP contribution in [0.15, 0.2) is 35.1 Å². The highest BCUT2D eigenvalue weighted by Gasteiger charge is 2.11. The second kappa shape index (κ2) is 6.05. The number of rotatable bonds is 2. The molecular formula is C13H9ClN2O3. The third kappa shape index (κ3) is 3.35. The van der Waals surface area contributed by atoms with E-state index in [1.165, 1.54) is 12.3 Å². The zero-order valence-corrected chi connectivity index (χ0v) is 10.4. The van der Waals surface area contributed by atoms with E-state index in [1.807, 2.05) is 0 Å². The highest BCUT2D eigenvalue weighted by Crippen LogP contribution is 2.23. The summed E-state index contributed by atoms with van der Waals surface area (Å²) in [6.07, 6.45) is 1.31. The molecule has 0 atom stereocenters. The highest BCUT2D eigenvalue weighted by atomic mass is 35.5. The molecule has 5 nitrogen and oxygen atoms in total. The third-order valence-corrected chi connectivity index (χ3v) is 2.53. The number of carbonyl (C=O) groups excluding carboxylic acids is 1. The van der Waals surface area contributed by atoms with E-state index in [1.54, 1.807) is 18.2 Å². The molecule has 0 radical (unpaired) electrons. The van der Waals surface area contributed by atoms with Crippen LogP contribution in [0.4, 0.5) is 5.69 Å². The Balaban J connectivity index is 2.22. The fourth-order valence-corrected chi connectivity index (χ4v) is 1.52. The fourth-order valence-electron chi connectivity index (χ4n) is 1.36. The summed E-state index contributed by atoms with van der Waals surface area (Å²) in [5.74, 6) is 4.81. The van der Waals surface area contributed by atoms with Crippen LogP contribution in [-0.2, 0) is 0 Å². The van der Waals surface area contributed by atoms with Crippen molar-refractivity contribution in [3.05, 3.63) is 46.8 Å². The minimum Gasteiger partial charge on any atom is -0.384 e. The Labute approximate surface area is 114 Å². The van der Waals surface area contributed by atoms with Crippen molar-refractivity contribution in [2.75, 3.05) is 11.9 Å². The predicted molar refractivity (Wildman–Crippen MR) is 69.9 cm³/mol. The van der Waals surface area contributed by atoms with Crippen molar-refractivity contribution in [1.82, 2.24) is 5.16 Å². The molecule has 2 N–H and O–H groups in total. The van der Waals surface area contributed by atoms with Gasteiger partial charge >= 0.3 is 0 Å². The van der Waals surface area contributed by atoms with Crippen molar-refractivity contribution < 1.29 is 14.4 Å². The lowest BCUT2D eigenvalue weighted by molar-refractivity contribution is 0.101. The minimum atomic E-state index is -0.428. The standard InChI is InChI=1S/C13H9ClN2O3/c14-10-4-3-9(2-1-6-17)8-12(10)15-13(18)11-5-7-19-16-11/h3-5,7-8,17H,6H2,(H,15,18). The van der Waals surface area contributed by atoms with Crippen LogP contribution in [0.25, 0.3) is 0 Å². The van der Waals surface area contributed by atoms with Crippen LogP contribution in [0.5, 0.6) is 0 Å². The highest BCUT2D eigenvalue weighted by molar-refractivity contribution is 6.33. The lowest BCUT2D eigenvalue weighted by Gasteiger charge is -2.05. The van der Waals surface area contributed by atoms with E-state index < -0.39 is 5.91 Å². The van der Waals surface area contributed by atoms with Crippen molar-refractivity contribution in [2.45, 2.75) is 0 Å². The molecular weight excluding hydrogens is 268 g/mol. The van der Waals surface area contributed by atoms with Crippen molar-refractivity contribution in [2.24, 2.45) is 0 Å². The number of carbonyl (C=O) groups is 1. The molecule has 1 aromatic carbocycles. The van der Waals surface area contributed by atoms with Crippen LogP contribution in [-0.4, -0.2) is 22.8 Å². The molecule has 1 amide bonds. The van der Waals surface area contributed by atoms with Crippen LogP contribution < -0.4 is 5.32 Å². The third-order valence-electron chi connectivity index (χ3n) is 2.20. The van der Waals surface area contributed by atoms with Gasteiger partial charge in [0.05, 0.1) is 10.7 Å². The first-order chi connectivity index (χ1) is 9.20. The van der Waals surface area contributed by atoms with Gasteiger partial charge in [-0.15, -0.1) is 0 Å². The average molecular weight is 277 g/mol. The molecule has 0 saturated heterocycles. The monoisotopic (exact) mass is 276 g/mol. The van der Waals surface area contributed by atoms with Crippen LogP contribution in [0.2, 0.25) is 5.02 Å². The Morgan fingerprint density at radius 2 is 2.32 bits per heavy atom. The molecule has 1 heterocycles. The Bertz CT molecular complexity index is 642. The van der Waals surface area contributed by atoms with Gasteiger partial charge in [-0.3, -0.25) is 4.79 Å². The van der Waals surface area contributed by atoms with Crippen LogP contribution >= 0.6 is 11.6 Å². The summed E-state index contributed by atoms with van der Waals surface area (Å²) in [5, 5.41) is 15.1. The summed E-state index contributed by atoms with van der Waals surface area (Å²) < 4.78 is 4.59. The summed E-state index contributed by atoms with van der Waals surface area (Å²) >= 11 is 5.98. The summed E-state index contributed by atoms with van der Waals surface area (Å²) in [6.45, 7) is -0.233. The number of aliphatic hydroxyl groups is 1. The first-order valence-electron chi connectivity index (χ1n) is 5.31. The molecule has 2 aromatic rings. The molecule has 0 bridgehead atoms. The molecule has 96 valence electrons. The largest absolute Gasteiger partial charge is 0.384 e. The van der Waals surface area contributed by atoms with E-state index in [0.29, 0.717) is 16.3 Å². The maximum absolute atomic E-state index is 11.8. The summed E-state index contributed by atoms with van der Waals surface area (Å²) in [4.78, 5) is 11.8. The predicted octanol–water partition coefficient (Wildman–Crippen LogP) is 1.92. The van der Waals surface area contributed by atoms with Gasteiger partial charge in [0.15, 0.2) is 5.69 Å². The summed E-state index contributed by atoms with van der Waals surface area (Å²) in [5.41, 5.74) is 1.20. The zero-order chi connectivity index (χ0) is 13.7. The Hall–Kier alpha value is -2.29. The van der Waals surface area contributed by atoms with Crippen molar-refractivity contribution in [3.8, 4) is 11.8 Å². The molecule has 19 heavy (non-hydrogen) atoms. The maximum Gasteiger partial charge on any atom is 0.277 e. The smallest absolute Gasteiger partial charge is 0.277 e. The number of anilines is 1. The number of amides is 1. The molecule has 0 spiro atoms. The lowest BCUT2D eigenvalue weighted by atomic mass is 10.2. The molecule has 0 aliphatic rings. The second-order valence-electron chi connectivity index (χ2n) is 3.49. The van der Waals surface area contributed by atoms with E-state index in [-0.39, 0.29) is 12.3 Å². The Morgan fingerprint density at radius 3 is 3.00 bits per heavy atom. The van der Waals surface area contributed by atoms with Crippen molar-refractivity contribution in [3.63, 3.8) is 0 Å². The number of halogens is 1. The number of nitrogens with one attached hydrogen (secondary N) is 1. The molecule has 6 heteroatoms. The Morgan fingerprint density at radius 1 is 1.47 bits per heavy atom. The van der Waals surface area contributed by atoms with Crippen LogP contribution in [0, 0.1) is 11.8 Å². The molecule has 1 aromatic heterocycles. The first kappa shape index (κ1) is 13.1. The SMILES string of the molecule is O=C(Nc1cc(C#CCO)ccc1Cl)c1ccon1. The minimum absolute atomic E-state index is 0.155. The zero-order valence-electron chi connectivity index (χ0n) is 9.68. The molecule has 0 aliphatic heterocycles. The van der Waals surface area contributed by atoms with Gasteiger partial charge in [0.25, 0.3) is 5.91 Å². The number of aliphatic hydroxyl groups excluding tert-OH is 1. The lowest BCUT2D eigenvalue weighted by Crippen LogP contribution is -2.12. The second-order valence-corrected chi connectivity index (χ2v) is 3.90. The van der Waals surface area contributed by atoms with Gasteiger partial charge in [0.1, 0.15) is 12.9 Å².